The van der Waals surface area contributed by atoms with Crippen LogP contribution in [0, 0.1) is 0 Å². The van der Waals surface area contributed by atoms with Crippen LogP contribution in [0.5, 0.6) is 5.75 Å². The summed E-state index contributed by atoms with van der Waals surface area (Å²) in [7, 11) is 1.77. The molecule has 1 atom stereocenters. The normalized spacial score (nSPS) is 12.9. The fraction of sp³-hybridized carbons (Fsp3) is 0.500. The minimum atomic E-state index is 0.569. The summed E-state index contributed by atoms with van der Waals surface area (Å²) in [4.78, 5) is 4.17. The third-order valence-electron chi connectivity index (χ3n) is 2.59. The molecule has 4 nitrogen and oxygen atoms in total. The van der Waals surface area contributed by atoms with Crippen molar-refractivity contribution in [3.8, 4) is 5.75 Å². The number of nitrogens with one attached hydrogen (secondary N) is 2. The minimum absolute atomic E-state index is 0.569. The molecule has 0 aliphatic rings. The van der Waals surface area contributed by atoms with Gasteiger partial charge in [-0.25, -0.2) is 0 Å². The molecule has 1 unspecified atom stereocenters. The molecule has 19 heavy (non-hydrogen) atoms. The van der Waals surface area contributed by atoms with Crippen LogP contribution in [0.4, 0.5) is 0 Å². The summed E-state index contributed by atoms with van der Waals surface area (Å²) in [6.07, 6.45) is 2.11. The van der Waals surface area contributed by atoms with Gasteiger partial charge in [0.05, 0.1) is 6.54 Å². The van der Waals surface area contributed by atoms with Crippen LogP contribution in [0.1, 0.15) is 6.92 Å². The first-order chi connectivity index (χ1) is 9.26. The number of ether oxygens (including phenoxy) is 1. The Morgan fingerprint density at radius 3 is 2.68 bits per heavy atom. The largest absolute Gasteiger partial charge is 0.492 e. The van der Waals surface area contributed by atoms with E-state index >= 15 is 0 Å². The average Bonchev–Trinajstić information content (AvgIpc) is 2.47. The topological polar surface area (TPSA) is 45.7 Å². The van der Waals surface area contributed by atoms with Crippen LogP contribution in [0.25, 0.3) is 0 Å². The van der Waals surface area contributed by atoms with Crippen LogP contribution in [0.2, 0.25) is 0 Å². The number of nitrogens with zero attached hydrogens (tertiary/aromatic N) is 1. The number of thioether (sulfide) groups is 1. The van der Waals surface area contributed by atoms with Crippen molar-refractivity contribution < 1.29 is 4.74 Å². The standard InChI is InChI=1S/C14H23N3OS/c1-12(19-3)11-17-14(15-2)16-9-10-18-13-7-5-4-6-8-13/h4-8,12H,9-11H2,1-3H3,(H2,15,16,17). The summed E-state index contributed by atoms with van der Waals surface area (Å²) in [5, 5.41) is 7.07. The van der Waals surface area contributed by atoms with E-state index < -0.39 is 0 Å². The van der Waals surface area contributed by atoms with E-state index in [9.17, 15) is 0 Å². The lowest BCUT2D eigenvalue weighted by Crippen LogP contribution is -2.41. The van der Waals surface area contributed by atoms with E-state index in [1.165, 1.54) is 0 Å². The van der Waals surface area contributed by atoms with Crippen LogP contribution < -0.4 is 15.4 Å². The lowest BCUT2D eigenvalue weighted by molar-refractivity contribution is 0.322. The molecule has 1 rings (SSSR count). The van der Waals surface area contributed by atoms with Crippen LogP contribution in [0.3, 0.4) is 0 Å². The molecule has 0 aliphatic carbocycles. The van der Waals surface area contributed by atoms with Crippen molar-refractivity contribution in [2.75, 3.05) is 33.0 Å². The molecule has 0 aromatic heterocycles. The van der Waals surface area contributed by atoms with E-state index in [0.29, 0.717) is 11.9 Å². The van der Waals surface area contributed by atoms with Crippen LogP contribution in [-0.4, -0.2) is 44.2 Å². The summed E-state index contributed by atoms with van der Waals surface area (Å²) in [6, 6.07) is 9.81. The highest BCUT2D eigenvalue weighted by molar-refractivity contribution is 7.99. The molecule has 0 saturated carbocycles. The van der Waals surface area contributed by atoms with Crippen molar-refractivity contribution in [1.29, 1.82) is 0 Å². The van der Waals surface area contributed by atoms with Gasteiger partial charge in [0.1, 0.15) is 12.4 Å². The predicted molar refractivity (Wildman–Crippen MR) is 84.3 cm³/mol. The van der Waals surface area contributed by atoms with Gasteiger partial charge in [0.25, 0.3) is 0 Å². The van der Waals surface area contributed by atoms with Crippen molar-refractivity contribution in [2.24, 2.45) is 4.99 Å². The fourth-order valence-electron chi connectivity index (χ4n) is 1.40. The first-order valence-corrected chi connectivity index (χ1v) is 7.70. The fourth-order valence-corrected chi connectivity index (χ4v) is 1.65. The molecule has 0 aliphatic heterocycles. The number of hydrogen-bond acceptors (Lipinski definition) is 3. The summed E-state index contributed by atoms with van der Waals surface area (Å²) in [6.45, 7) is 4.43. The minimum Gasteiger partial charge on any atom is -0.492 e. The van der Waals surface area contributed by atoms with Crippen molar-refractivity contribution >= 4 is 17.7 Å². The molecule has 2 N–H and O–H groups in total. The molecular formula is C14H23N3OS. The Morgan fingerprint density at radius 2 is 2.05 bits per heavy atom. The zero-order chi connectivity index (χ0) is 13.9. The van der Waals surface area contributed by atoms with E-state index in [2.05, 4.69) is 28.8 Å². The lowest BCUT2D eigenvalue weighted by atomic mass is 10.3. The van der Waals surface area contributed by atoms with E-state index in [0.717, 1.165) is 24.8 Å². The van der Waals surface area contributed by atoms with Gasteiger partial charge in [0.2, 0.25) is 0 Å². The second-order valence-corrected chi connectivity index (χ2v) is 5.36. The van der Waals surface area contributed by atoms with E-state index in [4.69, 9.17) is 4.74 Å². The summed E-state index contributed by atoms with van der Waals surface area (Å²) >= 11 is 1.83. The molecule has 0 spiro atoms. The van der Waals surface area contributed by atoms with Crippen molar-refractivity contribution in [3.05, 3.63) is 30.3 Å². The maximum Gasteiger partial charge on any atom is 0.191 e. The van der Waals surface area contributed by atoms with E-state index in [-0.39, 0.29) is 0 Å². The van der Waals surface area contributed by atoms with Crippen LogP contribution in [-0.2, 0) is 0 Å². The van der Waals surface area contributed by atoms with Gasteiger partial charge in [-0.1, -0.05) is 25.1 Å². The second kappa shape index (κ2) is 9.55. The molecule has 5 heteroatoms. The van der Waals surface area contributed by atoms with Gasteiger partial charge in [0.15, 0.2) is 5.96 Å². The Hall–Kier alpha value is -1.36. The number of para-hydroxylation sites is 1. The second-order valence-electron chi connectivity index (χ2n) is 4.09. The number of guanidine groups is 1. The average molecular weight is 281 g/mol. The molecule has 0 saturated heterocycles. The van der Waals surface area contributed by atoms with Crippen molar-refractivity contribution in [3.63, 3.8) is 0 Å². The quantitative estimate of drug-likeness (QED) is 0.456. The summed E-state index contributed by atoms with van der Waals surface area (Å²) < 4.78 is 5.60. The number of hydrogen-bond donors (Lipinski definition) is 2. The lowest BCUT2D eigenvalue weighted by Gasteiger charge is -2.14. The van der Waals surface area contributed by atoms with Gasteiger partial charge in [-0.05, 0) is 18.4 Å². The summed E-state index contributed by atoms with van der Waals surface area (Å²) in [5.41, 5.74) is 0. The molecule has 0 amide bonds. The van der Waals surface area contributed by atoms with Crippen LogP contribution in [0.15, 0.2) is 35.3 Å². The summed E-state index contributed by atoms with van der Waals surface area (Å²) in [5.74, 6) is 1.71. The molecular weight excluding hydrogens is 258 g/mol. The molecule has 0 heterocycles. The Morgan fingerprint density at radius 1 is 1.32 bits per heavy atom. The van der Waals surface area contributed by atoms with Crippen LogP contribution >= 0.6 is 11.8 Å². The predicted octanol–water partition coefficient (Wildman–Crippen LogP) is 1.98. The molecule has 0 bridgehead atoms. The van der Waals surface area contributed by atoms with E-state index in [1.807, 2.05) is 42.1 Å². The Labute approximate surface area is 120 Å². The first kappa shape index (κ1) is 15.7. The highest BCUT2D eigenvalue weighted by atomic mass is 32.2. The highest BCUT2D eigenvalue weighted by Gasteiger charge is 2.01. The SMILES string of the molecule is CN=C(NCCOc1ccccc1)NCC(C)SC. The maximum atomic E-state index is 5.60. The van der Waals surface area contributed by atoms with Gasteiger partial charge in [-0.2, -0.15) is 11.8 Å². The molecule has 0 radical (unpaired) electrons. The van der Waals surface area contributed by atoms with Crippen molar-refractivity contribution in [1.82, 2.24) is 10.6 Å². The first-order valence-electron chi connectivity index (χ1n) is 6.41. The maximum absolute atomic E-state index is 5.60. The number of rotatable bonds is 7. The molecule has 1 aromatic rings. The van der Waals surface area contributed by atoms with Crippen molar-refractivity contribution in [2.45, 2.75) is 12.2 Å². The highest BCUT2D eigenvalue weighted by Crippen LogP contribution is 2.07. The van der Waals surface area contributed by atoms with Gasteiger partial charge >= 0.3 is 0 Å². The van der Waals surface area contributed by atoms with Gasteiger partial charge in [-0.15, -0.1) is 0 Å². The third-order valence-corrected chi connectivity index (χ3v) is 3.56. The zero-order valence-corrected chi connectivity index (χ0v) is 12.7. The Bertz CT molecular complexity index is 370. The van der Waals surface area contributed by atoms with Gasteiger partial charge in [0, 0.05) is 18.8 Å². The smallest absolute Gasteiger partial charge is 0.191 e. The van der Waals surface area contributed by atoms with Gasteiger partial charge in [-0.3, -0.25) is 4.99 Å². The number of benzene rings is 1. The Kier molecular flexibility index (Phi) is 7.89. The number of aliphatic imine (C=N–C) groups is 1. The molecule has 0 fully saturated rings. The van der Waals surface area contributed by atoms with E-state index in [1.54, 1.807) is 7.05 Å². The molecule has 106 valence electrons. The molecule has 1 aromatic carbocycles. The zero-order valence-electron chi connectivity index (χ0n) is 11.8. The monoisotopic (exact) mass is 281 g/mol. The third kappa shape index (κ3) is 6.96. The van der Waals surface area contributed by atoms with Gasteiger partial charge < -0.3 is 15.4 Å². The Balaban J connectivity index is 2.16.